The van der Waals surface area contributed by atoms with Crippen molar-refractivity contribution in [2.45, 2.75) is 13.0 Å². The van der Waals surface area contributed by atoms with E-state index in [9.17, 15) is 4.79 Å². The zero-order valence-corrected chi connectivity index (χ0v) is 14.9. The molecule has 0 amide bonds. The Morgan fingerprint density at radius 2 is 1.85 bits per heavy atom. The molecule has 2 heterocycles. The van der Waals surface area contributed by atoms with Crippen LogP contribution in [0, 0.1) is 0 Å². The summed E-state index contributed by atoms with van der Waals surface area (Å²) in [5.41, 5.74) is 1.54. The lowest BCUT2D eigenvalue weighted by Crippen LogP contribution is -2.16. The van der Waals surface area contributed by atoms with Gasteiger partial charge >= 0.3 is 5.97 Å². The largest absolute Gasteiger partial charge is 0.486 e. The molecule has 0 atom stereocenters. The standard InChI is InChI=1S/C19H15ClN2O5/c20-14-4-2-13(3-5-14)19-21-17(27-22-19)11-26-18(23)10-12-1-6-15-16(9-12)25-8-7-24-15/h1-6,9H,7-8,10-11H2. The molecule has 1 aromatic heterocycles. The van der Waals surface area contributed by atoms with Crippen LogP contribution in [0.3, 0.4) is 0 Å². The molecule has 3 aromatic rings. The summed E-state index contributed by atoms with van der Waals surface area (Å²) in [6.07, 6.45) is 0.106. The third-order valence-corrected chi connectivity index (χ3v) is 4.13. The highest BCUT2D eigenvalue weighted by atomic mass is 35.5. The maximum Gasteiger partial charge on any atom is 0.310 e. The molecule has 4 rings (SSSR count). The molecule has 1 aliphatic rings. The molecule has 138 valence electrons. The van der Waals surface area contributed by atoms with Crippen molar-refractivity contribution in [3.63, 3.8) is 0 Å². The summed E-state index contributed by atoms with van der Waals surface area (Å²) in [5.74, 6) is 1.54. The van der Waals surface area contributed by atoms with Crippen molar-refractivity contribution < 1.29 is 23.5 Å². The predicted octanol–water partition coefficient (Wildman–Crippen LogP) is 3.45. The molecule has 0 aliphatic carbocycles. The molecular weight excluding hydrogens is 372 g/mol. The van der Waals surface area contributed by atoms with E-state index in [1.54, 1.807) is 42.5 Å². The van der Waals surface area contributed by atoms with Crippen LogP contribution in [0.4, 0.5) is 0 Å². The third-order valence-electron chi connectivity index (χ3n) is 3.88. The van der Waals surface area contributed by atoms with Gasteiger partial charge in [0.1, 0.15) is 13.2 Å². The molecule has 0 unspecified atom stereocenters. The van der Waals surface area contributed by atoms with E-state index in [-0.39, 0.29) is 18.9 Å². The van der Waals surface area contributed by atoms with Crippen LogP contribution in [-0.4, -0.2) is 29.3 Å². The lowest BCUT2D eigenvalue weighted by atomic mass is 10.1. The number of halogens is 1. The number of carbonyl (C=O) groups excluding carboxylic acids is 1. The summed E-state index contributed by atoms with van der Waals surface area (Å²) in [7, 11) is 0. The minimum atomic E-state index is -0.405. The van der Waals surface area contributed by atoms with E-state index in [4.69, 9.17) is 30.3 Å². The van der Waals surface area contributed by atoms with Crippen LogP contribution in [0.2, 0.25) is 5.02 Å². The molecular formula is C19H15ClN2O5. The highest BCUT2D eigenvalue weighted by Crippen LogP contribution is 2.31. The summed E-state index contributed by atoms with van der Waals surface area (Å²) in [4.78, 5) is 16.3. The molecule has 0 saturated heterocycles. The Morgan fingerprint density at radius 1 is 1.07 bits per heavy atom. The van der Waals surface area contributed by atoms with Gasteiger partial charge in [0, 0.05) is 10.6 Å². The van der Waals surface area contributed by atoms with Crippen molar-refractivity contribution in [2.75, 3.05) is 13.2 Å². The number of hydrogen-bond donors (Lipinski definition) is 0. The van der Waals surface area contributed by atoms with Gasteiger partial charge in [-0.3, -0.25) is 4.79 Å². The van der Waals surface area contributed by atoms with E-state index in [1.807, 2.05) is 0 Å². The molecule has 0 fully saturated rings. The fraction of sp³-hybridized carbons (Fsp3) is 0.211. The van der Waals surface area contributed by atoms with Gasteiger partial charge in [-0.15, -0.1) is 0 Å². The van der Waals surface area contributed by atoms with Gasteiger partial charge in [0.15, 0.2) is 18.1 Å². The van der Waals surface area contributed by atoms with E-state index in [0.717, 1.165) is 11.1 Å². The first-order valence-electron chi connectivity index (χ1n) is 8.30. The number of rotatable bonds is 5. The number of fused-ring (bicyclic) bond motifs is 1. The summed E-state index contributed by atoms with van der Waals surface area (Å²) < 4.78 is 21.3. The number of carbonyl (C=O) groups is 1. The molecule has 0 saturated carbocycles. The minimum absolute atomic E-state index is 0.0933. The lowest BCUT2D eigenvalue weighted by molar-refractivity contribution is -0.144. The number of hydrogen-bond acceptors (Lipinski definition) is 7. The lowest BCUT2D eigenvalue weighted by Gasteiger charge is -2.18. The van der Waals surface area contributed by atoms with E-state index < -0.39 is 5.97 Å². The zero-order chi connectivity index (χ0) is 18.6. The number of benzene rings is 2. The van der Waals surface area contributed by atoms with Gasteiger partial charge in [-0.1, -0.05) is 22.8 Å². The zero-order valence-electron chi connectivity index (χ0n) is 14.2. The maximum atomic E-state index is 12.1. The van der Waals surface area contributed by atoms with Crippen molar-refractivity contribution in [1.29, 1.82) is 0 Å². The Hall–Kier alpha value is -3.06. The monoisotopic (exact) mass is 386 g/mol. The topological polar surface area (TPSA) is 83.7 Å². The summed E-state index contributed by atoms with van der Waals surface area (Å²) in [5, 5.41) is 4.50. The Labute approximate surface area is 159 Å². The quantitative estimate of drug-likeness (QED) is 0.621. The van der Waals surface area contributed by atoms with Crippen LogP contribution in [0.25, 0.3) is 11.4 Å². The van der Waals surface area contributed by atoms with Crippen LogP contribution >= 0.6 is 11.6 Å². The SMILES string of the molecule is O=C(Cc1ccc2c(c1)OCCO2)OCc1nc(-c2ccc(Cl)cc2)no1. The van der Waals surface area contributed by atoms with Crippen LogP contribution < -0.4 is 9.47 Å². The van der Waals surface area contributed by atoms with Crippen molar-refractivity contribution in [2.24, 2.45) is 0 Å². The van der Waals surface area contributed by atoms with Gasteiger partial charge in [-0.05, 0) is 42.0 Å². The Kier molecular flexibility index (Phi) is 4.93. The maximum absolute atomic E-state index is 12.1. The highest BCUT2D eigenvalue weighted by Gasteiger charge is 2.15. The highest BCUT2D eigenvalue weighted by molar-refractivity contribution is 6.30. The fourth-order valence-electron chi connectivity index (χ4n) is 2.59. The number of aromatic nitrogens is 2. The molecule has 0 spiro atoms. The summed E-state index contributed by atoms with van der Waals surface area (Å²) >= 11 is 5.86. The molecule has 0 bridgehead atoms. The van der Waals surface area contributed by atoms with Gasteiger partial charge < -0.3 is 18.7 Å². The molecule has 27 heavy (non-hydrogen) atoms. The number of nitrogens with zero attached hydrogens (tertiary/aromatic N) is 2. The Morgan fingerprint density at radius 3 is 2.67 bits per heavy atom. The van der Waals surface area contributed by atoms with E-state index in [0.29, 0.717) is 35.6 Å². The fourth-order valence-corrected chi connectivity index (χ4v) is 2.71. The van der Waals surface area contributed by atoms with Gasteiger partial charge in [-0.25, -0.2) is 0 Å². The van der Waals surface area contributed by atoms with Crippen LogP contribution in [-0.2, 0) is 22.6 Å². The van der Waals surface area contributed by atoms with Crippen LogP contribution in [0.1, 0.15) is 11.5 Å². The van der Waals surface area contributed by atoms with Crippen molar-refractivity contribution in [3.05, 3.63) is 58.9 Å². The normalized spacial score (nSPS) is 12.6. The van der Waals surface area contributed by atoms with Gasteiger partial charge in [-0.2, -0.15) is 4.98 Å². The average Bonchev–Trinajstić information content (AvgIpc) is 3.16. The second kappa shape index (κ2) is 7.67. The molecule has 1 aliphatic heterocycles. The number of ether oxygens (including phenoxy) is 3. The first-order chi connectivity index (χ1) is 13.2. The molecule has 0 N–H and O–H groups in total. The second-order valence-electron chi connectivity index (χ2n) is 5.83. The van der Waals surface area contributed by atoms with Crippen molar-refractivity contribution in [3.8, 4) is 22.9 Å². The third kappa shape index (κ3) is 4.20. The van der Waals surface area contributed by atoms with Gasteiger partial charge in [0.2, 0.25) is 5.82 Å². The molecule has 2 aromatic carbocycles. The van der Waals surface area contributed by atoms with E-state index in [2.05, 4.69) is 10.1 Å². The molecule has 0 radical (unpaired) electrons. The minimum Gasteiger partial charge on any atom is -0.486 e. The summed E-state index contributed by atoms with van der Waals surface area (Å²) in [6, 6.07) is 12.4. The Balaban J connectivity index is 1.34. The van der Waals surface area contributed by atoms with Gasteiger partial charge in [0.05, 0.1) is 6.42 Å². The van der Waals surface area contributed by atoms with Crippen molar-refractivity contribution in [1.82, 2.24) is 10.1 Å². The van der Waals surface area contributed by atoms with E-state index >= 15 is 0 Å². The molecule has 7 nitrogen and oxygen atoms in total. The van der Waals surface area contributed by atoms with E-state index in [1.165, 1.54) is 0 Å². The van der Waals surface area contributed by atoms with Crippen LogP contribution in [0.15, 0.2) is 47.0 Å². The first-order valence-corrected chi connectivity index (χ1v) is 8.68. The number of esters is 1. The smallest absolute Gasteiger partial charge is 0.310 e. The van der Waals surface area contributed by atoms with Crippen LogP contribution in [0.5, 0.6) is 11.5 Å². The second-order valence-corrected chi connectivity index (χ2v) is 6.27. The first kappa shape index (κ1) is 17.4. The molecule has 8 heteroatoms. The summed E-state index contributed by atoms with van der Waals surface area (Å²) in [6.45, 7) is 0.925. The predicted molar refractivity (Wildman–Crippen MR) is 95.7 cm³/mol. The average molecular weight is 387 g/mol. The Bertz CT molecular complexity index is 955. The van der Waals surface area contributed by atoms with Gasteiger partial charge in [0.25, 0.3) is 5.89 Å². The van der Waals surface area contributed by atoms with Crippen molar-refractivity contribution >= 4 is 17.6 Å².